The molecule has 0 amide bonds. The molecular weight excluding hydrogens is 262 g/mol. The lowest BCUT2D eigenvalue weighted by Gasteiger charge is -2.21. The Morgan fingerprint density at radius 2 is 1.84 bits per heavy atom. The lowest BCUT2D eigenvalue weighted by molar-refractivity contribution is 0.170. The molecule has 1 aliphatic rings. The Morgan fingerprint density at radius 1 is 1.00 bits per heavy atom. The molecule has 0 bridgehead atoms. The Morgan fingerprint density at radius 3 is 2.74 bits per heavy atom. The molecule has 1 aliphatic heterocycles. The zero-order valence-corrected chi connectivity index (χ0v) is 11.1. The molecule has 0 unspecified atom stereocenters. The van der Waals surface area contributed by atoms with Gasteiger partial charge in [0.15, 0.2) is 11.5 Å². The van der Waals surface area contributed by atoms with Gasteiger partial charge in [-0.15, -0.1) is 0 Å². The third-order valence-electron chi connectivity index (χ3n) is 2.99. The predicted octanol–water partition coefficient (Wildman–Crippen LogP) is 3.72. The Bertz CT molecular complexity index is 586. The number of para-hydroxylation sites is 2. The van der Waals surface area contributed by atoms with Crippen LogP contribution >= 0.6 is 11.6 Å². The normalized spacial score (nSPS) is 13.1. The first-order chi connectivity index (χ1) is 9.34. The van der Waals surface area contributed by atoms with Crippen molar-refractivity contribution in [2.45, 2.75) is 6.54 Å². The first-order valence-electron chi connectivity index (χ1n) is 6.20. The van der Waals surface area contributed by atoms with E-state index >= 15 is 0 Å². The minimum Gasteiger partial charge on any atom is -0.486 e. The summed E-state index contributed by atoms with van der Waals surface area (Å²) in [6.07, 6.45) is 0. The molecule has 0 aromatic heterocycles. The van der Waals surface area contributed by atoms with E-state index in [1.165, 1.54) is 0 Å². The van der Waals surface area contributed by atoms with Gasteiger partial charge in [-0.1, -0.05) is 35.9 Å². The number of hydrogen-bond acceptors (Lipinski definition) is 3. The van der Waals surface area contributed by atoms with Crippen molar-refractivity contribution in [1.82, 2.24) is 0 Å². The van der Waals surface area contributed by atoms with Crippen molar-refractivity contribution in [3.63, 3.8) is 0 Å². The Labute approximate surface area is 117 Å². The average Bonchev–Trinajstić information content (AvgIpc) is 2.46. The molecule has 0 aliphatic carbocycles. The van der Waals surface area contributed by atoms with E-state index in [1.807, 2.05) is 42.5 Å². The van der Waals surface area contributed by atoms with Crippen LogP contribution in [0.15, 0.2) is 42.5 Å². The minimum atomic E-state index is 0.593. The Balaban J connectivity index is 1.79. The van der Waals surface area contributed by atoms with Gasteiger partial charge in [-0.3, -0.25) is 0 Å². The van der Waals surface area contributed by atoms with Gasteiger partial charge in [0.25, 0.3) is 0 Å². The highest BCUT2D eigenvalue weighted by atomic mass is 35.5. The van der Waals surface area contributed by atoms with Crippen molar-refractivity contribution < 1.29 is 9.47 Å². The summed E-state index contributed by atoms with van der Waals surface area (Å²) in [6.45, 7) is 1.85. The van der Waals surface area contributed by atoms with Gasteiger partial charge in [-0.2, -0.15) is 0 Å². The molecule has 0 saturated carbocycles. The van der Waals surface area contributed by atoms with Crippen molar-refractivity contribution >= 4 is 17.3 Å². The zero-order valence-electron chi connectivity index (χ0n) is 10.4. The molecule has 98 valence electrons. The molecule has 0 radical (unpaired) electrons. The second-order valence-electron chi connectivity index (χ2n) is 4.27. The van der Waals surface area contributed by atoms with Crippen LogP contribution in [0.25, 0.3) is 0 Å². The third-order valence-corrected chi connectivity index (χ3v) is 3.32. The highest BCUT2D eigenvalue weighted by Gasteiger charge is 2.15. The van der Waals surface area contributed by atoms with E-state index in [9.17, 15) is 0 Å². The number of halogens is 1. The SMILES string of the molecule is Clc1ccccc1NCc1cccc2c1OCCO2. The summed E-state index contributed by atoms with van der Waals surface area (Å²) in [6, 6.07) is 13.6. The van der Waals surface area contributed by atoms with Gasteiger partial charge < -0.3 is 14.8 Å². The van der Waals surface area contributed by atoms with Gasteiger partial charge in [0, 0.05) is 12.1 Å². The molecule has 0 atom stereocenters. The summed E-state index contributed by atoms with van der Waals surface area (Å²) in [7, 11) is 0. The highest BCUT2D eigenvalue weighted by Crippen LogP contribution is 2.34. The molecule has 19 heavy (non-hydrogen) atoms. The van der Waals surface area contributed by atoms with E-state index in [1.54, 1.807) is 0 Å². The van der Waals surface area contributed by atoms with E-state index < -0.39 is 0 Å². The first kappa shape index (κ1) is 12.2. The van der Waals surface area contributed by atoms with E-state index in [0.717, 1.165) is 22.7 Å². The number of fused-ring (bicyclic) bond motifs is 1. The summed E-state index contributed by atoms with van der Waals surface area (Å²) < 4.78 is 11.2. The van der Waals surface area contributed by atoms with Gasteiger partial charge in [0.2, 0.25) is 0 Å². The largest absolute Gasteiger partial charge is 0.486 e. The molecule has 3 nitrogen and oxygen atoms in total. The van der Waals surface area contributed by atoms with Gasteiger partial charge in [-0.05, 0) is 18.2 Å². The molecule has 4 heteroatoms. The van der Waals surface area contributed by atoms with Crippen LogP contribution in [0, 0.1) is 0 Å². The summed E-state index contributed by atoms with van der Waals surface area (Å²) in [5.41, 5.74) is 1.98. The Kier molecular flexibility index (Phi) is 3.47. The second kappa shape index (κ2) is 5.41. The molecule has 0 saturated heterocycles. The number of hydrogen-bond donors (Lipinski definition) is 1. The second-order valence-corrected chi connectivity index (χ2v) is 4.68. The Hall–Kier alpha value is -1.87. The molecule has 0 fully saturated rings. The summed E-state index contributed by atoms with van der Waals surface area (Å²) in [4.78, 5) is 0. The van der Waals surface area contributed by atoms with Gasteiger partial charge in [0.1, 0.15) is 13.2 Å². The highest BCUT2D eigenvalue weighted by molar-refractivity contribution is 6.33. The fourth-order valence-electron chi connectivity index (χ4n) is 2.07. The zero-order chi connectivity index (χ0) is 13.1. The molecule has 2 aromatic carbocycles. The smallest absolute Gasteiger partial charge is 0.166 e. The van der Waals surface area contributed by atoms with Crippen molar-refractivity contribution in [2.75, 3.05) is 18.5 Å². The lowest BCUT2D eigenvalue weighted by atomic mass is 10.1. The maximum absolute atomic E-state index is 6.12. The third kappa shape index (κ3) is 2.61. The maximum atomic E-state index is 6.12. The van der Waals surface area contributed by atoms with Crippen LogP contribution in [-0.2, 0) is 6.54 Å². The number of anilines is 1. The van der Waals surface area contributed by atoms with Gasteiger partial charge in [0.05, 0.1) is 10.7 Å². The topological polar surface area (TPSA) is 30.5 Å². The van der Waals surface area contributed by atoms with Crippen LogP contribution in [0.1, 0.15) is 5.56 Å². The average molecular weight is 276 g/mol. The van der Waals surface area contributed by atoms with E-state index in [-0.39, 0.29) is 0 Å². The fraction of sp³-hybridized carbons (Fsp3) is 0.200. The number of ether oxygens (including phenoxy) is 2. The van der Waals surface area contributed by atoms with Gasteiger partial charge in [-0.25, -0.2) is 0 Å². The van der Waals surface area contributed by atoms with Crippen molar-refractivity contribution in [2.24, 2.45) is 0 Å². The van der Waals surface area contributed by atoms with Crippen LogP contribution in [0.5, 0.6) is 11.5 Å². The maximum Gasteiger partial charge on any atom is 0.166 e. The number of rotatable bonds is 3. The quantitative estimate of drug-likeness (QED) is 0.926. The molecule has 1 heterocycles. The van der Waals surface area contributed by atoms with E-state index in [4.69, 9.17) is 21.1 Å². The monoisotopic (exact) mass is 275 g/mol. The lowest BCUT2D eigenvalue weighted by Crippen LogP contribution is -2.17. The van der Waals surface area contributed by atoms with Crippen molar-refractivity contribution in [3.05, 3.63) is 53.1 Å². The van der Waals surface area contributed by atoms with E-state index in [2.05, 4.69) is 5.32 Å². The van der Waals surface area contributed by atoms with E-state index in [0.29, 0.717) is 24.8 Å². The molecule has 0 spiro atoms. The van der Waals surface area contributed by atoms with Crippen molar-refractivity contribution in [3.8, 4) is 11.5 Å². The molecule has 3 rings (SSSR count). The molecular formula is C15H14ClNO2. The first-order valence-corrected chi connectivity index (χ1v) is 6.58. The van der Waals surface area contributed by atoms with Crippen LogP contribution in [0.4, 0.5) is 5.69 Å². The minimum absolute atomic E-state index is 0.593. The van der Waals surface area contributed by atoms with Crippen LogP contribution in [0.3, 0.4) is 0 Å². The van der Waals surface area contributed by atoms with Gasteiger partial charge >= 0.3 is 0 Å². The summed E-state index contributed by atoms with van der Waals surface area (Å²) in [5.74, 6) is 1.64. The standard InChI is InChI=1S/C15H14ClNO2/c16-12-5-1-2-6-13(12)17-10-11-4-3-7-14-15(11)19-9-8-18-14/h1-7,17H,8-10H2. The van der Waals surface area contributed by atoms with Crippen LogP contribution < -0.4 is 14.8 Å². The predicted molar refractivity (Wildman–Crippen MR) is 76.2 cm³/mol. The summed E-state index contributed by atoms with van der Waals surface area (Å²) >= 11 is 6.12. The summed E-state index contributed by atoms with van der Waals surface area (Å²) in [5, 5.41) is 4.02. The van der Waals surface area contributed by atoms with Crippen molar-refractivity contribution in [1.29, 1.82) is 0 Å². The number of benzene rings is 2. The number of nitrogens with one attached hydrogen (secondary N) is 1. The molecule has 2 aromatic rings. The molecule has 1 N–H and O–H groups in total. The van der Waals surface area contributed by atoms with Crippen LogP contribution in [0.2, 0.25) is 5.02 Å². The fourth-order valence-corrected chi connectivity index (χ4v) is 2.27. The van der Waals surface area contributed by atoms with Crippen LogP contribution in [-0.4, -0.2) is 13.2 Å².